The zero-order chi connectivity index (χ0) is 12.6. The molecule has 0 aliphatic heterocycles. The van der Waals surface area contributed by atoms with E-state index in [0.29, 0.717) is 21.7 Å². The van der Waals surface area contributed by atoms with Gasteiger partial charge in [0.15, 0.2) is 0 Å². The first-order valence-electron chi connectivity index (χ1n) is 4.51. The molecule has 0 radical (unpaired) electrons. The highest BCUT2D eigenvalue weighted by Crippen LogP contribution is 2.38. The first-order valence-corrected chi connectivity index (χ1v) is 5.27. The third kappa shape index (κ3) is 1.87. The van der Waals surface area contributed by atoms with Crippen LogP contribution in [0.15, 0.2) is 18.3 Å². The largest absolute Gasteiger partial charge is 0.494 e. The molecule has 17 heavy (non-hydrogen) atoms. The van der Waals surface area contributed by atoms with Gasteiger partial charge in [0, 0.05) is 5.39 Å². The average molecular weight is 273 g/mol. The minimum Gasteiger partial charge on any atom is -0.494 e. The van der Waals surface area contributed by atoms with Crippen LogP contribution in [0.4, 0.5) is 5.69 Å². The fourth-order valence-electron chi connectivity index (χ4n) is 1.49. The van der Waals surface area contributed by atoms with Crippen LogP contribution >= 0.6 is 23.2 Å². The molecule has 5 nitrogen and oxygen atoms in total. The molecule has 0 aliphatic rings. The summed E-state index contributed by atoms with van der Waals surface area (Å²) >= 11 is 11.9. The number of ether oxygens (including phenoxy) is 1. The van der Waals surface area contributed by atoms with Gasteiger partial charge in [0.05, 0.1) is 17.1 Å². The van der Waals surface area contributed by atoms with Crippen molar-refractivity contribution in [2.24, 2.45) is 0 Å². The van der Waals surface area contributed by atoms with E-state index in [-0.39, 0.29) is 10.7 Å². The number of benzene rings is 1. The number of pyridine rings is 1. The Balaban J connectivity index is 2.90. The van der Waals surface area contributed by atoms with Crippen molar-refractivity contribution >= 4 is 39.8 Å². The standard InChI is InChI=1S/C10H6Cl2N2O3/c1-17-7-3-2-5(11)8-9(12)6(14(15)16)4-13-10(7)8/h2-4H,1H3. The number of rotatable bonds is 2. The van der Waals surface area contributed by atoms with Crippen molar-refractivity contribution in [3.05, 3.63) is 38.5 Å². The Hall–Kier alpha value is -1.59. The van der Waals surface area contributed by atoms with Gasteiger partial charge in [-0.05, 0) is 12.1 Å². The van der Waals surface area contributed by atoms with Crippen LogP contribution in [0, 0.1) is 10.1 Å². The number of aromatic nitrogens is 1. The van der Waals surface area contributed by atoms with Crippen molar-refractivity contribution < 1.29 is 9.66 Å². The number of nitro groups is 1. The molecule has 0 saturated carbocycles. The molecule has 2 rings (SSSR count). The lowest BCUT2D eigenvalue weighted by Gasteiger charge is -2.07. The molecule has 0 aliphatic carbocycles. The highest BCUT2D eigenvalue weighted by atomic mass is 35.5. The van der Waals surface area contributed by atoms with E-state index in [2.05, 4.69) is 4.98 Å². The van der Waals surface area contributed by atoms with Crippen LogP contribution in [0.25, 0.3) is 10.9 Å². The summed E-state index contributed by atoms with van der Waals surface area (Å²) in [5.74, 6) is 0.459. The third-order valence-electron chi connectivity index (χ3n) is 2.27. The van der Waals surface area contributed by atoms with Crippen molar-refractivity contribution in [2.45, 2.75) is 0 Å². The summed E-state index contributed by atoms with van der Waals surface area (Å²) in [6.45, 7) is 0. The third-order valence-corrected chi connectivity index (χ3v) is 2.96. The molecule has 0 bridgehead atoms. The Morgan fingerprint density at radius 1 is 1.41 bits per heavy atom. The van der Waals surface area contributed by atoms with Gasteiger partial charge in [-0.1, -0.05) is 23.2 Å². The quantitative estimate of drug-likeness (QED) is 0.620. The number of hydrogen-bond acceptors (Lipinski definition) is 4. The molecule has 1 aromatic heterocycles. The Bertz CT molecular complexity index is 616. The molecule has 1 aromatic carbocycles. The van der Waals surface area contributed by atoms with E-state index < -0.39 is 4.92 Å². The zero-order valence-corrected chi connectivity index (χ0v) is 10.1. The summed E-state index contributed by atoms with van der Waals surface area (Å²) < 4.78 is 5.09. The van der Waals surface area contributed by atoms with Crippen LogP contribution in [-0.4, -0.2) is 17.0 Å². The molecule has 0 unspecified atom stereocenters. The average Bonchev–Trinajstić information content (AvgIpc) is 2.29. The van der Waals surface area contributed by atoms with Crippen molar-refractivity contribution in [3.8, 4) is 5.75 Å². The second-order valence-corrected chi connectivity index (χ2v) is 3.97. The normalized spacial score (nSPS) is 10.5. The molecule has 0 fully saturated rings. The predicted molar refractivity (Wildman–Crippen MR) is 65.0 cm³/mol. The van der Waals surface area contributed by atoms with Crippen LogP contribution < -0.4 is 4.74 Å². The molecule has 0 amide bonds. The summed E-state index contributed by atoms with van der Waals surface area (Å²) in [5.41, 5.74) is 0.116. The van der Waals surface area contributed by atoms with Gasteiger partial charge in [0.1, 0.15) is 22.5 Å². The second-order valence-electron chi connectivity index (χ2n) is 3.19. The van der Waals surface area contributed by atoms with Crippen LogP contribution in [-0.2, 0) is 0 Å². The minimum absolute atomic E-state index is 0.0381. The van der Waals surface area contributed by atoms with Crippen molar-refractivity contribution in [1.29, 1.82) is 0 Å². The Labute approximate surface area is 106 Å². The first kappa shape index (κ1) is 11.9. The zero-order valence-electron chi connectivity index (χ0n) is 8.61. The number of halogens is 2. The Morgan fingerprint density at radius 3 is 2.71 bits per heavy atom. The summed E-state index contributed by atoms with van der Waals surface area (Å²) in [6, 6.07) is 3.18. The number of fused-ring (bicyclic) bond motifs is 1. The molecule has 2 aromatic rings. The summed E-state index contributed by atoms with van der Waals surface area (Å²) in [7, 11) is 1.47. The van der Waals surface area contributed by atoms with Gasteiger partial charge in [-0.25, -0.2) is 4.98 Å². The lowest BCUT2D eigenvalue weighted by Crippen LogP contribution is -1.94. The fraction of sp³-hybridized carbons (Fsp3) is 0.100. The van der Waals surface area contributed by atoms with Gasteiger partial charge in [0.25, 0.3) is 0 Å². The lowest BCUT2D eigenvalue weighted by molar-refractivity contribution is -0.384. The van der Waals surface area contributed by atoms with Gasteiger partial charge in [0.2, 0.25) is 0 Å². The van der Waals surface area contributed by atoms with E-state index in [4.69, 9.17) is 27.9 Å². The first-order chi connectivity index (χ1) is 8.06. The molecule has 0 atom stereocenters. The monoisotopic (exact) mass is 272 g/mol. The van der Waals surface area contributed by atoms with Gasteiger partial charge in [-0.3, -0.25) is 10.1 Å². The predicted octanol–water partition coefficient (Wildman–Crippen LogP) is 3.46. The van der Waals surface area contributed by atoms with Crippen molar-refractivity contribution in [1.82, 2.24) is 4.98 Å². The maximum absolute atomic E-state index is 10.7. The van der Waals surface area contributed by atoms with Crippen molar-refractivity contribution in [3.63, 3.8) is 0 Å². The van der Waals surface area contributed by atoms with E-state index in [1.54, 1.807) is 12.1 Å². The molecule has 0 N–H and O–H groups in total. The molecular weight excluding hydrogens is 267 g/mol. The summed E-state index contributed by atoms with van der Waals surface area (Å²) in [5, 5.41) is 11.3. The van der Waals surface area contributed by atoms with Crippen LogP contribution in [0.1, 0.15) is 0 Å². The maximum Gasteiger partial charge on any atom is 0.306 e. The topological polar surface area (TPSA) is 65.3 Å². The smallest absolute Gasteiger partial charge is 0.306 e. The van der Waals surface area contributed by atoms with Gasteiger partial charge in [-0.15, -0.1) is 0 Å². The highest BCUT2D eigenvalue weighted by molar-refractivity contribution is 6.43. The molecule has 0 spiro atoms. The van der Waals surface area contributed by atoms with E-state index in [9.17, 15) is 10.1 Å². The summed E-state index contributed by atoms with van der Waals surface area (Å²) in [6.07, 6.45) is 1.09. The molecule has 0 saturated heterocycles. The van der Waals surface area contributed by atoms with Gasteiger partial charge in [-0.2, -0.15) is 0 Å². The molecule has 7 heteroatoms. The van der Waals surface area contributed by atoms with E-state index in [0.717, 1.165) is 6.20 Å². The lowest BCUT2D eigenvalue weighted by atomic mass is 10.2. The molecule has 88 valence electrons. The Morgan fingerprint density at radius 2 is 2.12 bits per heavy atom. The van der Waals surface area contributed by atoms with Crippen LogP contribution in [0.2, 0.25) is 10.0 Å². The number of methoxy groups -OCH3 is 1. The Kier molecular flexibility index (Phi) is 3.04. The van der Waals surface area contributed by atoms with E-state index in [1.807, 2.05) is 0 Å². The minimum atomic E-state index is -0.607. The van der Waals surface area contributed by atoms with Gasteiger partial charge < -0.3 is 4.74 Å². The van der Waals surface area contributed by atoms with Gasteiger partial charge >= 0.3 is 5.69 Å². The van der Waals surface area contributed by atoms with Crippen molar-refractivity contribution in [2.75, 3.05) is 7.11 Å². The van der Waals surface area contributed by atoms with E-state index >= 15 is 0 Å². The maximum atomic E-state index is 10.7. The molecule has 1 heterocycles. The highest BCUT2D eigenvalue weighted by Gasteiger charge is 2.20. The second kappa shape index (κ2) is 4.35. The fourth-order valence-corrected chi connectivity index (χ4v) is 2.09. The van der Waals surface area contributed by atoms with Crippen LogP contribution in [0.5, 0.6) is 5.75 Å². The summed E-state index contributed by atoms with van der Waals surface area (Å²) in [4.78, 5) is 14.1. The SMILES string of the molecule is COc1ccc(Cl)c2c(Cl)c([N+](=O)[O-])cnc12. The molecular formula is C10H6Cl2N2O3. The number of hydrogen-bond donors (Lipinski definition) is 0. The van der Waals surface area contributed by atoms with E-state index in [1.165, 1.54) is 7.11 Å². The number of nitrogens with zero attached hydrogens (tertiary/aromatic N) is 2. The van der Waals surface area contributed by atoms with Crippen LogP contribution in [0.3, 0.4) is 0 Å².